The Morgan fingerprint density at radius 2 is 2.25 bits per heavy atom. The molecule has 1 saturated heterocycles. The van der Waals surface area contributed by atoms with E-state index in [1.807, 2.05) is 0 Å². The molecule has 0 bridgehead atoms. The first-order chi connectivity index (χ1) is 7.68. The van der Waals surface area contributed by atoms with E-state index in [1.165, 1.54) is 31.0 Å². The van der Waals surface area contributed by atoms with Crippen LogP contribution in [0.1, 0.15) is 20.3 Å². The largest absolute Gasteiger partial charge is 0.377 e. The van der Waals surface area contributed by atoms with Crippen molar-refractivity contribution in [2.45, 2.75) is 32.4 Å². The van der Waals surface area contributed by atoms with E-state index in [9.17, 15) is 0 Å². The predicted molar refractivity (Wildman–Crippen MR) is 72.3 cm³/mol. The Morgan fingerprint density at radius 3 is 2.88 bits per heavy atom. The zero-order valence-corrected chi connectivity index (χ0v) is 11.7. The van der Waals surface area contributed by atoms with Crippen molar-refractivity contribution >= 4 is 11.8 Å². The van der Waals surface area contributed by atoms with E-state index >= 15 is 0 Å². The molecular formula is C12H26N2OS. The third-order valence-corrected chi connectivity index (χ3v) is 3.91. The summed E-state index contributed by atoms with van der Waals surface area (Å²) < 4.78 is 5.54. The van der Waals surface area contributed by atoms with Crippen LogP contribution in [-0.2, 0) is 4.74 Å². The monoisotopic (exact) mass is 246 g/mol. The lowest BCUT2D eigenvalue weighted by Crippen LogP contribution is -2.40. The molecule has 1 rings (SSSR count). The molecule has 0 aromatic heterocycles. The van der Waals surface area contributed by atoms with Crippen LogP contribution in [0.25, 0.3) is 0 Å². The zero-order valence-electron chi connectivity index (χ0n) is 10.9. The number of ether oxygens (including phenoxy) is 1. The summed E-state index contributed by atoms with van der Waals surface area (Å²) in [7, 11) is 2.18. The first-order valence-corrected chi connectivity index (χ1v) is 7.45. The van der Waals surface area contributed by atoms with Crippen LogP contribution in [0.5, 0.6) is 0 Å². The molecule has 1 aliphatic rings. The highest BCUT2D eigenvalue weighted by Gasteiger charge is 2.13. The van der Waals surface area contributed by atoms with Crippen molar-refractivity contribution in [3.8, 4) is 0 Å². The van der Waals surface area contributed by atoms with E-state index in [2.05, 4.69) is 42.9 Å². The minimum Gasteiger partial charge on any atom is -0.377 e. The van der Waals surface area contributed by atoms with Gasteiger partial charge in [0.2, 0.25) is 0 Å². The van der Waals surface area contributed by atoms with Gasteiger partial charge in [-0.2, -0.15) is 11.8 Å². The highest BCUT2D eigenvalue weighted by Crippen LogP contribution is 2.10. The smallest absolute Gasteiger partial charge is 0.0596 e. The topological polar surface area (TPSA) is 24.5 Å². The molecule has 1 heterocycles. The summed E-state index contributed by atoms with van der Waals surface area (Å²) in [6.07, 6.45) is 1.61. The molecule has 1 unspecified atom stereocenters. The molecule has 0 aliphatic carbocycles. The Bertz CT molecular complexity index is 172. The van der Waals surface area contributed by atoms with Gasteiger partial charge in [0.25, 0.3) is 0 Å². The SMILES string of the molecule is CC(C)OCCN(C)CCC1CSCCN1. The zero-order chi connectivity index (χ0) is 11.8. The second kappa shape index (κ2) is 8.34. The van der Waals surface area contributed by atoms with Gasteiger partial charge < -0.3 is 15.0 Å². The van der Waals surface area contributed by atoms with Gasteiger partial charge in [-0.1, -0.05) is 0 Å². The molecule has 0 spiro atoms. The summed E-state index contributed by atoms with van der Waals surface area (Å²) in [4.78, 5) is 2.36. The van der Waals surface area contributed by atoms with Crippen molar-refractivity contribution in [1.29, 1.82) is 0 Å². The van der Waals surface area contributed by atoms with Crippen LogP contribution in [0, 0.1) is 0 Å². The van der Waals surface area contributed by atoms with Crippen molar-refractivity contribution in [3.05, 3.63) is 0 Å². The minimum absolute atomic E-state index is 0.352. The van der Waals surface area contributed by atoms with Crippen LogP contribution < -0.4 is 5.32 Å². The molecule has 96 valence electrons. The van der Waals surface area contributed by atoms with Gasteiger partial charge in [-0.15, -0.1) is 0 Å². The number of nitrogens with one attached hydrogen (secondary N) is 1. The average molecular weight is 246 g/mol. The summed E-state index contributed by atoms with van der Waals surface area (Å²) in [6.45, 7) is 8.40. The molecule has 4 heteroatoms. The fourth-order valence-electron chi connectivity index (χ4n) is 1.74. The van der Waals surface area contributed by atoms with Gasteiger partial charge in [0.1, 0.15) is 0 Å². The highest BCUT2D eigenvalue weighted by atomic mass is 32.2. The Balaban J connectivity index is 1.98. The van der Waals surface area contributed by atoms with Gasteiger partial charge in [-0.05, 0) is 33.9 Å². The first kappa shape index (κ1) is 14.3. The number of hydrogen-bond donors (Lipinski definition) is 1. The fourth-order valence-corrected chi connectivity index (χ4v) is 2.74. The van der Waals surface area contributed by atoms with Crippen LogP contribution in [0.3, 0.4) is 0 Å². The van der Waals surface area contributed by atoms with Crippen LogP contribution in [0.2, 0.25) is 0 Å². The molecule has 3 nitrogen and oxygen atoms in total. The van der Waals surface area contributed by atoms with Crippen LogP contribution in [-0.4, -0.2) is 61.8 Å². The second-order valence-electron chi connectivity index (χ2n) is 4.74. The molecule has 0 aromatic rings. The number of thioether (sulfide) groups is 1. The summed E-state index contributed by atoms with van der Waals surface area (Å²) in [5.74, 6) is 2.55. The predicted octanol–water partition coefficient (Wildman–Crippen LogP) is 1.44. The summed E-state index contributed by atoms with van der Waals surface area (Å²) in [5, 5.41) is 3.57. The molecule has 1 N–H and O–H groups in total. The first-order valence-electron chi connectivity index (χ1n) is 6.29. The van der Waals surface area contributed by atoms with E-state index < -0.39 is 0 Å². The van der Waals surface area contributed by atoms with Crippen molar-refractivity contribution in [2.75, 3.05) is 44.8 Å². The lowest BCUT2D eigenvalue weighted by Gasteiger charge is -2.25. The maximum absolute atomic E-state index is 5.54. The van der Waals surface area contributed by atoms with Crippen molar-refractivity contribution in [1.82, 2.24) is 10.2 Å². The lowest BCUT2D eigenvalue weighted by atomic mass is 10.2. The summed E-state index contributed by atoms with van der Waals surface area (Å²) in [5.41, 5.74) is 0. The molecule has 0 saturated carbocycles. The maximum atomic E-state index is 5.54. The van der Waals surface area contributed by atoms with Crippen LogP contribution >= 0.6 is 11.8 Å². The Morgan fingerprint density at radius 1 is 1.44 bits per heavy atom. The Hall–Kier alpha value is 0.230. The number of rotatable bonds is 7. The molecular weight excluding hydrogens is 220 g/mol. The van der Waals surface area contributed by atoms with Gasteiger partial charge in [0.05, 0.1) is 12.7 Å². The van der Waals surface area contributed by atoms with Gasteiger partial charge in [0.15, 0.2) is 0 Å². The molecule has 0 amide bonds. The van der Waals surface area contributed by atoms with Crippen LogP contribution in [0.4, 0.5) is 0 Å². The fraction of sp³-hybridized carbons (Fsp3) is 1.00. The van der Waals surface area contributed by atoms with E-state index in [4.69, 9.17) is 4.74 Å². The quantitative estimate of drug-likeness (QED) is 0.735. The van der Waals surface area contributed by atoms with Crippen molar-refractivity contribution in [3.63, 3.8) is 0 Å². The second-order valence-corrected chi connectivity index (χ2v) is 5.89. The third kappa shape index (κ3) is 6.74. The number of likely N-dealkylation sites (N-methyl/N-ethyl adjacent to an activating group) is 1. The van der Waals surface area contributed by atoms with Gasteiger partial charge in [-0.25, -0.2) is 0 Å². The van der Waals surface area contributed by atoms with Gasteiger partial charge in [-0.3, -0.25) is 0 Å². The average Bonchev–Trinajstić information content (AvgIpc) is 2.27. The van der Waals surface area contributed by atoms with Gasteiger partial charge in [0, 0.05) is 30.6 Å². The molecule has 0 radical (unpaired) electrons. The van der Waals surface area contributed by atoms with Crippen LogP contribution in [0.15, 0.2) is 0 Å². The molecule has 0 aromatic carbocycles. The van der Waals surface area contributed by atoms with Crippen molar-refractivity contribution < 1.29 is 4.74 Å². The molecule has 1 atom stereocenters. The molecule has 16 heavy (non-hydrogen) atoms. The maximum Gasteiger partial charge on any atom is 0.0596 e. The van der Waals surface area contributed by atoms with Crippen molar-refractivity contribution in [2.24, 2.45) is 0 Å². The summed E-state index contributed by atoms with van der Waals surface area (Å²) >= 11 is 2.07. The van der Waals surface area contributed by atoms with E-state index in [1.54, 1.807) is 0 Å². The number of nitrogens with zero attached hydrogens (tertiary/aromatic N) is 1. The lowest BCUT2D eigenvalue weighted by molar-refractivity contribution is 0.0633. The molecule has 1 fully saturated rings. The highest BCUT2D eigenvalue weighted by molar-refractivity contribution is 7.99. The third-order valence-electron chi connectivity index (χ3n) is 2.78. The van der Waals surface area contributed by atoms with E-state index in [0.717, 1.165) is 13.2 Å². The normalized spacial score (nSPS) is 21.9. The van der Waals surface area contributed by atoms with Gasteiger partial charge >= 0.3 is 0 Å². The van der Waals surface area contributed by atoms with E-state index in [-0.39, 0.29) is 0 Å². The molecule has 1 aliphatic heterocycles. The van der Waals surface area contributed by atoms with E-state index in [0.29, 0.717) is 12.1 Å². The Kier molecular flexibility index (Phi) is 7.45. The minimum atomic E-state index is 0.352. The standard InChI is InChI=1S/C12H26N2OS/c1-11(2)15-8-7-14(3)6-4-12-10-16-9-5-13-12/h11-13H,4-10H2,1-3H3. The number of hydrogen-bond acceptors (Lipinski definition) is 4. The Labute approximate surface area is 104 Å². The summed E-state index contributed by atoms with van der Waals surface area (Å²) in [6, 6.07) is 0.715.